The van der Waals surface area contributed by atoms with Gasteiger partial charge in [-0.1, -0.05) is 73.7 Å². The highest BCUT2D eigenvalue weighted by Gasteiger charge is 2.32. The fourth-order valence-electron chi connectivity index (χ4n) is 3.24. The Bertz CT molecular complexity index is 1040. The molecule has 3 unspecified atom stereocenters. The summed E-state index contributed by atoms with van der Waals surface area (Å²) in [5.74, 6) is -0.862. The second-order valence-corrected chi connectivity index (χ2v) is 8.15. The monoisotopic (exact) mass is 524 g/mol. The van der Waals surface area contributed by atoms with E-state index in [2.05, 4.69) is 11.7 Å². The first kappa shape index (κ1) is 32.2. The third-order valence-corrected chi connectivity index (χ3v) is 5.02. The molecule has 4 rings (SSSR count). The summed E-state index contributed by atoms with van der Waals surface area (Å²) < 4.78 is 20.3. The highest BCUT2D eigenvalue weighted by molar-refractivity contribution is 5.89. The first-order chi connectivity index (χ1) is 18.4. The van der Waals surface area contributed by atoms with Crippen LogP contribution in [0.4, 0.5) is 0 Å². The molecule has 1 aliphatic rings. The second kappa shape index (κ2) is 19.3. The SMILES string of the molecule is COC.COC1OC(COC(=O)c2ccccc2)CC1C.O=C(O)c1ccccc1.O=Cc1ccccc1. The van der Waals surface area contributed by atoms with Gasteiger partial charge in [0.25, 0.3) is 0 Å². The van der Waals surface area contributed by atoms with Crippen LogP contribution in [-0.2, 0) is 18.9 Å². The van der Waals surface area contributed by atoms with Gasteiger partial charge in [0.15, 0.2) is 6.29 Å². The molecule has 204 valence electrons. The minimum atomic E-state index is -0.879. The van der Waals surface area contributed by atoms with Crippen LogP contribution in [0.3, 0.4) is 0 Å². The van der Waals surface area contributed by atoms with Crippen LogP contribution in [-0.4, -0.2) is 63.7 Å². The van der Waals surface area contributed by atoms with E-state index in [0.29, 0.717) is 17.0 Å². The van der Waals surface area contributed by atoms with Gasteiger partial charge in [-0.05, 0) is 30.7 Å². The molecule has 3 aromatic carbocycles. The number of rotatable bonds is 6. The van der Waals surface area contributed by atoms with Gasteiger partial charge in [-0.15, -0.1) is 0 Å². The molecule has 0 spiro atoms. The zero-order chi connectivity index (χ0) is 28.2. The lowest BCUT2D eigenvalue weighted by atomic mass is 10.1. The summed E-state index contributed by atoms with van der Waals surface area (Å²) in [5.41, 5.74) is 1.62. The van der Waals surface area contributed by atoms with Gasteiger partial charge in [0.2, 0.25) is 0 Å². The molecule has 38 heavy (non-hydrogen) atoms. The summed E-state index contributed by atoms with van der Waals surface area (Å²) >= 11 is 0. The van der Waals surface area contributed by atoms with Gasteiger partial charge >= 0.3 is 11.9 Å². The Morgan fingerprint density at radius 3 is 1.71 bits per heavy atom. The van der Waals surface area contributed by atoms with Crippen LogP contribution in [0.25, 0.3) is 0 Å². The quantitative estimate of drug-likeness (QED) is 0.338. The van der Waals surface area contributed by atoms with E-state index >= 15 is 0 Å². The molecule has 3 aromatic rings. The number of aromatic carboxylic acids is 1. The fraction of sp³-hybridized carbons (Fsp3) is 0.300. The maximum atomic E-state index is 11.7. The van der Waals surface area contributed by atoms with Gasteiger partial charge in [0.1, 0.15) is 12.9 Å². The largest absolute Gasteiger partial charge is 0.478 e. The molecule has 0 aliphatic carbocycles. The van der Waals surface area contributed by atoms with Gasteiger partial charge in [-0.2, -0.15) is 0 Å². The summed E-state index contributed by atoms with van der Waals surface area (Å²) in [6.45, 7) is 2.34. The Morgan fingerprint density at radius 2 is 1.34 bits per heavy atom. The van der Waals surface area contributed by atoms with Crippen molar-refractivity contribution in [3.63, 3.8) is 0 Å². The van der Waals surface area contributed by atoms with Gasteiger partial charge < -0.3 is 24.1 Å². The first-order valence-electron chi connectivity index (χ1n) is 11.9. The van der Waals surface area contributed by atoms with Crippen LogP contribution in [0.15, 0.2) is 91.0 Å². The Kier molecular flexibility index (Phi) is 16.3. The first-order valence-corrected chi connectivity index (χ1v) is 11.9. The standard InChI is InChI=1S/C14H18O4.C7H6O2.C7H6O.C2H6O/c1-10-8-12(18-14(10)16-2)9-17-13(15)11-6-4-3-5-7-11;8-7(9)6-4-2-1-3-5-6;8-6-7-4-2-1-3-5-7;1-3-2/h3-7,10,12,14H,8-9H2,1-2H3;1-5H,(H,8,9);1-6H;1-2H3. The smallest absolute Gasteiger partial charge is 0.338 e. The third kappa shape index (κ3) is 12.9. The summed E-state index contributed by atoms with van der Waals surface area (Å²) in [6, 6.07) is 26.3. The number of ether oxygens (including phenoxy) is 4. The van der Waals surface area contributed by atoms with Crippen LogP contribution in [0.1, 0.15) is 44.4 Å². The van der Waals surface area contributed by atoms with Gasteiger partial charge in [0, 0.05) is 32.8 Å². The molecule has 0 radical (unpaired) electrons. The van der Waals surface area contributed by atoms with Crippen molar-refractivity contribution in [2.75, 3.05) is 27.9 Å². The lowest BCUT2D eigenvalue weighted by Crippen LogP contribution is -2.20. The van der Waals surface area contributed by atoms with Crippen molar-refractivity contribution in [2.24, 2.45) is 5.92 Å². The predicted molar refractivity (Wildman–Crippen MR) is 144 cm³/mol. The van der Waals surface area contributed by atoms with Gasteiger partial charge in [0.05, 0.1) is 17.2 Å². The van der Waals surface area contributed by atoms with Crippen molar-refractivity contribution < 1.29 is 38.4 Å². The number of carbonyl (C=O) groups is 3. The molecular weight excluding hydrogens is 488 g/mol. The van der Waals surface area contributed by atoms with Crippen LogP contribution >= 0.6 is 0 Å². The Hall–Kier alpha value is -3.85. The highest BCUT2D eigenvalue weighted by Crippen LogP contribution is 2.26. The lowest BCUT2D eigenvalue weighted by Gasteiger charge is -2.13. The Morgan fingerprint density at radius 1 is 0.868 bits per heavy atom. The third-order valence-electron chi connectivity index (χ3n) is 5.02. The zero-order valence-electron chi connectivity index (χ0n) is 22.2. The van der Waals surface area contributed by atoms with Crippen molar-refractivity contribution in [3.8, 4) is 0 Å². The summed E-state index contributed by atoms with van der Waals surface area (Å²) in [7, 11) is 4.87. The molecule has 3 atom stereocenters. The minimum Gasteiger partial charge on any atom is -0.478 e. The highest BCUT2D eigenvalue weighted by atomic mass is 16.7. The number of benzene rings is 3. The molecular formula is C30H36O8. The van der Waals surface area contributed by atoms with E-state index in [0.717, 1.165) is 18.3 Å². The molecule has 8 heteroatoms. The fourth-order valence-corrected chi connectivity index (χ4v) is 3.24. The molecule has 1 fully saturated rings. The van der Waals surface area contributed by atoms with E-state index in [9.17, 15) is 14.4 Å². The number of aldehydes is 1. The molecule has 0 amide bonds. The van der Waals surface area contributed by atoms with E-state index in [1.54, 1.807) is 75.9 Å². The van der Waals surface area contributed by atoms with Crippen molar-refractivity contribution in [1.29, 1.82) is 0 Å². The van der Waals surface area contributed by atoms with Crippen molar-refractivity contribution in [3.05, 3.63) is 108 Å². The number of carbonyl (C=O) groups excluding carboxylic acids is 2. The topological polar surface area (TPSA) is 108 Å². The van der Waals surface area contributed by atoms with Crippen LogP contribution < -0.4 is 0 Å². The molecule has 0 aromatic heterocycles. The molecule has 0 bridgehead atoms. The van der Waals surface area contributed by atoms with Crippen LogP contribution in [0, 0.1) is 5.92 Å². The average Bonchev–Trinajstić information content (AvgIpc) is 3.33. The van der Waals surface area contributed by atoms with Crippen molar-refractivity contribution in [2.45, 2.75) is 25.7 Å². The molecule has 8 nitrogen and oxygen atoms in total. The van der Waals surface area contributed by atoms with E-state index in [1.807, 2.05) is 36.4 Å². The van der Waals surface area contributed by atoms with E-state index in [-0.39, 0.29) is 25.0 Å². The lowest BCUT2D eigenvalue weighted by molar-refractivity contribution is -0.136. The zero-order valence-corrected chi connectivity index (χ0v) is 22.2. The number of hydrogen-bond donors (Lipinski definition) is 1. The summed E-state index contributed by atoms with van der Waals surface area (Å²) in [5, 5.41) is 8.38. The van der Waals surface area contributed by atoms with E-state index in [4.69, 9.17) is 19.3 Å². The van der Waals surface area contributed by atoms with Crippen molar-refractivity contribution in [1.82, 2.24) is 0 Å². The molecule has 1 N–H and O–H groups in total. The van der Waals surface area contributed by atoms with E-state index in [1.165, 1.54) is 0 Å². The van der Waals surface area contributed by atoms with Crippen LogP contribution in [0.5, 0.6) is 0 Å². The maximum Gasteiger partial charge on any atom is 0.338 e. The Balaban J connectivity index is 0.000000301. The summed E-state index contributed by atoms with van der Waals surface area (Å²) in [4.78, 5) is 31.9. The molecule has 1 heterocycles. The maximum absolute atomic E-state index is 11.7. The van der Waals surface area contributed by atoms with Gasteiger partial charge in [-0.3, -0.25) is 4.79 Å². The normalized spacial score (nSPS) is 17.2. The number of methoxy groups -OCH3 is 2. The van der Waals surface area contributed by atoms with Gasteiger partial charge in [-0.25, -0.2) is 9.59 Å². The number of carboxylic acid groups (broad SMARTS) is 1. The van der Waals surface area contributed by atoms with E-state index < -0.39 is 5.97 Å². The number of hydrogen-bond acceptors (Lipinski definition) is 7. The number of carboxylic acids is 1. The van der Waals surface area contributed by atoms with Crippen molar-refractivity contribution >= 4 is 18.2 Å². The molecule has 0 saturated carbocycles. The molecule has 1 saturated heterocycles. The van der Waals surface area contributed by atoms with Crippen LogP contribution in [0.2, 0.25) is 0 Å². The predicted octanol–water partition coefficient (Wildman–Crippen LogP) is 5.39. The molecule has 1 aliphatic heterocycles. The summed E-state index contributed by atoms with van der Waals surface area (Å²) in [6.07, 6.45) is 1.42. The average molecular weight is 525 g/mol. The second-order valence-electron chi connectivity index (χ2n) is 8.15. The number of esters is 1. The minimum absolute atomic E-state index is 0.0717. The Labute approximate surface area is 224 Å².